The number of carbonyl (C=O) groups excluding carboxylic acids is 2. The number of piperazine rings is 1. The molecule has 3 rings (SSSR count). The van der Waals surface area contributed by atoms with Gasteiger partial charge in [-0.3, -0.25) is 14.5 Å². The number of hydrogen-bond donors (Lipinski definition) is 3. The fourth-order valence-electron chi connectivity index (χ4n) is 4.11. The highest BCUT2D eigenvalue weighted by atomic mass is 35.5. The molecule has 1 aromatic carbocycles. The number of nitrogens with zero attached hydrogens (tertiary/aromatic N) is 2. The molecule has 7 nitrogen and oxygen atoms in total. The van der Waals surface area contributed by atoms with Gasteiger partial charge in [0.15, 0.2) is 0 Å². The lowest BCUT2D eigenvalue weighted by Crippen LogP contribution is -2.56. The van der Waals surface area contributed by atoms with E-state index in [4.69, 9.17) is 16.7 Å². The maximum Gasteiger partial charge on any atom is 0.237 e. The molecule has 0 aromatic heterocycles. The zero-order valence-corrected chi connectivity index (χ0v) is 17.8. The van der Waals surface area contributed by atoms with Gasteiger partial charge in [0.25, 0.3) is 0 Å². The maximum absolute atomic E-state index is 13.8. The van der Waals surface area contributed by atoms with Crippen LogP contribution >= 0.6 is 11.6 Å². The lowest BCUT2D eigenvalue weighted by Gasteiger charge is -2.35. The van der Waals surface area contributed by atoms with Crippen LogP contribution in [0.25, 0.3) is 0 Å². The summed E-state index contributed by atoms with van der Waals surface area (Å²) in [6, 6.07) is 4.03. The minimum atomic E-state index is -0.580. The van der Waals surface area contributed by atoms with Gasteiger partial charge in [0, 0.05) is 32.7 Å². The van der Waals surface area contributed by atoms with Crippen LogP contribution < -0.4 is 10.6 Å². The van der Waals surface area contributed by atoms with Crippen molar-refractivity contribution >= 4 is 23.4 Å². The van der Waals surface area contributed by atoms with E-state index >= 15 is 0 Å². The predicted molar refractivity (Wildman–Crippen MR) is 112 cm³/mol. The van der Waals surface area contributed by atoms with Gasteiger partial charge in [-0.25, -0.2) is 4.39 Å². The first kappa shape index (κ1) is 22.9. The molecule has 0 aliphatic carbocycles. The van der Waals surface area contributed by atoms with Crippen molar-refractivity contribution in [3.05, 3.63) is 34.6 Å². The average molecular weight is 441 g/mol. The van der Waals surface area contributed by atoms with Gasteiger partial charge >= 0.3 is 0 Å². The normalized spacial score (nSPS) is 21.4. The summed E-state index contributed by atoms with van der Waals surface area (Å²) in [4.78, 5) is 29.1. The van der Waals surface area contributed by atoms with E-state index in [0.717, 1.165) is 25.9 Å². The highest BCUT2D eigenvalue weighted by Crippen LogP contribution is 2.20. The van der Waals surface area contributed by atoms with Gasteiger partial charge in [0.2, 0.25) is 11.8 Å². The SMILES string of the molecule is O=C(CC1C(=O)NCCN1Cc1ccc(Cl)c(F)c1)NCC1CCN(CCO)CC1. The number of carbonyl (C=O) groups is 2. The number of rotatable bonds is 8. The summed E-state index contributed by atoms with van der Waals surface area (Å²) in [5.41, 5.74) is 0.714. The van der Waals surface area contributed by atoms with Crippen molar-refractivity contribution in [1.82, 2.24) is 20.4 Å². The number of piperidine rings is 1. The van der Waals surface area contributed by atoms with Gasteiger partial charge in [-0.05, 0) is 49.5 Å². The van der Waals surface area contributed by atoms with E-state index in [2.05, 4.69) is 15.5 Å². The molecule has 30 heavy (non-hydrogen) atoms. The minimum absolute atomic E-state index is 0.0632. The third-order valence-corrected chi connectivity index (χ3v) is 6.21. The second-order valence-electron chi connectivity index (χ2n) is 8.04. The van der Waals surface area contributed by atoms with Gasteiger partial charge < -0.3 is 20.6 Å². The Hall–Kier alpha value is -1.74. The molecule has 0 saturated carbocycles. The van der Waals surface area contributed by atoms with Crippen LogP contribution in [-0.4, -0.2) is 78.6 Å². The second kappa shape index (κ2) is 11.0. The number of aliphatic hydroxyl groups is 1. The summed E-state index contributed by atoms with van der Waals surface area (Å²) in [6.07, 6.45) is 2.04. The van der Waals surface area contributed by atoms with Gasteiger partial charge in [-0.2, -0.15) is 0 Å². The molecule has 2 heterocycles. The van der Waals surface area contributed by atoms with E-state index in [1.165, 1.54) is 12.1 Å². The number of halogens is 2. The Morgan fingerprint density at radius 3 is 2.77 bits per heavy atom. The third kappa shape index (κ3) is 6.38. The summed E-state index contributed by atoms with van der Waals surface area (Å²) >= 11 is 5.75. The largest absolute Gasteiger partial charge is 0.395 e. The molecule has 2 saturated heterocycles. The topological polar surface area (TPSA) is 84.9 Å². The average Bonchev–Trinajstić information content (AvgIpc) is 2.73. The Labute approximate surface area is 181 Å². The zero-order valence-electron chi connectivity index (χ0n) is 17.1. The molecule has 2 aliphatic heterocycles. The van der Waals surface area contributed by atoms with E-state index in [1.54, 1.807) is 6.07 Å². The molecule has 2 amide bonds. The fraction of sp³-hybridized carbons (Fsp3) is 0.619. The number of likely N-dealkylation sites (tertiary alicyclic amines) is 1. The smallest absolute Gasteiger partial charge is 0.237 e. The summed E-state index contributed by atoms with van der Waals surface area (Å²) in [6.45, 7) is 4.80. The number of aliphatic hydroxyl groups excluding tert-OH is 1. The van der Waals surface area contributed by atoms with Crippen molar-refractivity contribution in [2.45, 2.75) is 31.8 Å². The first-order valence-corrected chi connectivity index (χ1v) is 10.9. The van der Waals surface area contributed by atoms with E-state index in [-0.39, 0.29) is 29.9 Å². The minimum Gasteiger partial charge on any atom is -0.395 e. The lowest BCUT2D eigenvalue weighted by atomic mass is 9.96. The molecular formula is C21H30ClFN4O3. The number of nitrogens with one attached hydrogen (secondary N) is 2. The molecule has 9 heteroatoms. The van der Waals surface area contributed by atoms with Crippen LogP contribution in [-0.2, 0) is 16.1 Å². The molecule has 166 valence electrons. The van der Waals surface area contributed by atoms with Crippen LogP contribution in [0.3, 0.4) is 0 Å². The Morgan fingerprint density at radius 2 is 2.07 bits per heavy atom. The van der Waals surface area contributed by atoms with Crippen molar-refractivity contribution in [2.24, 2.45) is 5.92 Å². The molecule has 1 aromatic rings. The van der Waals surface area contributed by atoms with Crippen LogP contribution in [0.5, 0.6) is 0 Å². The van der Waals surface area contributed by atoms with Crippen molar-refractivity contribution in [3.63, 3.8) is 0 Å². The molecular weight excluding hydrogens is 411 g/mol. The molecule has 1 atom stereocenters. The zero-order chi connectivity index (χ0) is 21.5. The van der Waals surface area contributed by atoms with Gasteiger partial charge in [-0.1, -0.05) is 17.7 Å². The summed E-state index contributed by atoms with van der Waals surface area (Å²) in [5.74, 6) is -0.405. The van der Waals surface area contributed by atoms with Gasteiger partial charge in [0.1, 0.15) is 5.82 Å². The van der Waals surface area contributed by atoms with Crippen LogP contribution in [0, 0.1) is 11.7 Å². The van der Waals surface area contributed by atoms with Gasteiger partial charge in [-0.15, -0.1) is 0 Å². The quantitative estimate of drug-likeness (QED) is 0.561. The molecule has 0 radical (unpaired) electrons. The number of benzene rings is 1. The standard InChI is InChI=1S/C21H30ClFN4O3/c22-17-2-1-16(11-18(17)23)14-27-8-5-24-21(30)19(27)12-20(29)25-13-15-3-6-26(7-4-15)9-10-28/h1-2,11,15,19,28H,3-10,12-14H2,(H,24,30)(H,25,29). The van der Waals surface area contributed by atoms with Crippen LogP contribution in [0.15, 0.2) is 18.2 Å². The van der Waals surface area contributed by atoms with Crippen molar-refractivity contribution in [3.8, 4) is 0 Å². The van der Waals surface area contributed by atoms with E-state index in [0.29, 0.717) is 44.2 Å². The summed E-state index contributed by atoms with van der Waals surface area (Å²) < 4.78 is 13.8. The molecule has 2 fully saturated rings. The van der Waals surface area contributed by atoms with Crippen LogP contribution in [0.1, 0.15) is 24.8 Å². The number of hydrogen-bond acceptors (Lipinski definition) is 5. The first-order chi connectivity index (χ1) is 14.5. The molecule has 1 unspecified atom stereocenters. The second-order valence-corrected chi connectivity index (χ2v) is 8.45. The number of amides is 2. The monoisotopic (exact) mass is 440 g/mol. The third-order valence-electron chi connectivity index (χ3n) is 5.90. The first-order valence-electron chi connectivity index (χ1n) is 10.5. The molecule has 3 N–H and O–H groups in total. The predicted octanol–water partition coefficient (Wildman–Crippen LogP) is 0.990. The fourth-order valence-corrected chi connectivity index (χ4v) is 4.22. The molecule has 2 aliphatic rings. The van der Waals surface area contributed by atoms with Crippen LogP contribution in [0.4, 0.5) is 4.39 Å². The molecule has 0 spiro atoms. The Kier molecular flexibility index (Phi) is 8.44. The van der Waals surface area contributed by atoms with E-state index in [9.17, 15) is 14.0 Å². The lowest BCUT2D eigenvalue weighted by molar-refractivity contribution is -0.134. The highest BCUT2D eigenvalue weighted by molar-refractivity contribution is 6.30. The van der Waals surface area contributed by atoms with E-state index in [1.807, 2.05) is 4.90 Å². The van der Waals surface area contributed by atoms with Crippen molar-refractivity contribution < 1.29 is 19.1 Å². The summed E-state index contributed by atoms with van der Waals surface area (Å²) in [7, 11) is 0. The Bertz CT molecular complexity index is 743. The van der Waals surface area contributed by atoms with Crippen LogP contribution in [0.2, 0.25) is 5.02 Å². The highest BCUT2D eigenvalue weighted by Gasteiger charge is 2.32. The van der Waals surface area contributed by atoms with E-state index < -0.39 is 11.9 Å². The maximum atomic E-state index is 13.8. The van der Waals surface area contributed by atoms with Gasteiger partial charge in [0.05, 0.1) is 24.1 Å². The Balaban J connectivity index is 1.50. The Morgan fingerprint density at radius 1 is 1.30 bits per heavy atom. The van der Waals surface area contributed by atoms with Crippen molar-refractivity contribution in [2.75, 3.05) is 45.9 Å². The molecule has 0 bridgehead atoms. The number of β-amino-alcohol motifs (C(OH)–C–C–N with tert-alkyl or cyclic N) is 1. The van der Waals surface area contributed by atoms with Crippen molar-refractivity contribution in [1.29, 1.82) is 0 Å². The summed E-state index contributed by atoms with van der Waals surface area (Å²) in [5, 5.41) is 14.9.